The van der Waals surface area contributed by atoms with Crippen LogP contribution in [0.25, 0.3) is 11.4 Å². The number of benzene rings is 2. The van der Waals surface area contributed by atoms with Gasteiger partial charge in [0, 0.05) is 23.8 Å². The van der Waals surface area contributed by atoms with Crippen molar-refractivity contribution in [3.05, 3.63) is 71.6 Å². The van der Waals surface area contributed by atoms with Gasteiger partial charge in [-0.25, -0.2) is 8.78 Å². The van der Waals surface area contributed by atoms with Crippen molar-refractivity contribution in [3.8, 4) is 11.4 Å². The van der Waals surface area contributed by atoms with Crippen LogP contribution in [-0.2, 0) is 17.1 Å². The van der Waals surface area contributed by atoms with E-state index in [1.165, 1.54) is 18.2 Å². The van der Waals surface area contributed by atoms with Crippen molar-refractivity contribution >= 4 is 17.7 Å². The SMILES string of the molecule is O=C(NCCCSCc1ccccc1F)C1CCN(Cc2nc(-c3ccc(F)cc3)no2)CC1. The zero-order valence-electron chi connectivity index (χ0n) is 18.9. The lowest BCUT2D eigenvalue weighted by molar-refractivity contribution is -0.126. The van der Waals surface area contributed by atoms with Gasteiger partial charge in [0.05, 0.1) is 6.54 Å². The van der Waals surface area contributed by atoms with Gasteiger partial charge >= 0.3 is 0 Å². The molecule has 2 heterocycles. The molecule has 0 atom stereocenters. The van der Waals surface area contributed by atoms with E-state index in [4.69, 9.17) is 4.52 Å². The van der Waals surface area contributed by atoms with Crippen LogP contribution in [0, 0.1) is 17.6 Å². The van der Waals surface area contributed by atoms with E-state index in [1.54, 1.807) is 36.0 Å². The van der Waals surface area contributed by atoms with Crippen molar-refractivity contribution in [2.75, 3.05) is 25.4 Å². The maximum absolute atomic E-state index is 13.6. The number of likely N-dealkylation sites (tertiary alicyclic amines) is 1. The normalized spacial score (nSPS) is 14.9. The fourth-order valence-electron chi connectivity index (χ4n) is 3.91. The number of piperidine rings is 1. The van der Waals surface area contributed by atoms with E-state index in [0.29, 0.717) is 36.1 Å². The van der Waals surface area contributed by atoms with Gasteiger partial charge in [0.15, 0.2) is 0 Å². The lowest BCUT2D eigenvalue weighted by Gasteiger charge is -2.30. The number of rotatable bonds is 10. The highest BCUT2D eigenvalue weighted by atomic mass is 32.2. The molecular weight excluding hydrogens is 458 g/mol. The van der Waals surface area contributed by atoms with Crippen molar-refractivity contribution < 1.29 is 18.1 Å². The summed E-state index contributed by atoms with van der Waals surface area (Å²) in [6.07, 6.45) is 2.43. The molecule has 0 radical (unpaired) electrons. The van der Waals surface area contributed by atoms with E-state index in [-0.39, 0.29) is 23.5 Å². The second-order valence-electron chi connectivity index (χ2n) is 8.36. The number of hydrogen-bond donors (Lipinski definition) is 1. The van der Waals surface area contributed by atoms with Crippen LogP contribution in [0.1, 0.15) is 30.7 Å². The van der Waals surface area contributed by atoms with Crippen LogP contribution >= 0.6 is 11.8 Å². The number of nitrogens with one attached hydrogen (secondary N) is 1. The first-order valence-electron chi connectivity index (χ1n) is 11.5. The van der Waals surface area contributed by atoms with E-state index in [9.17, 15) is 13.6 Å². The molecule has 3 aromatic rings. The first-order valence-corrected chi connectivity index (χ1v) is 12.6. The zero-order valence-corrected chi connectivity index (χ0v) is 19.7. The molecule has 180 valence electrons. The van der Waals surface area contributed by atoms with Crippen LogP contribution in [0.15, 0.2) is 53.1 Å². The molecule has 0 bridgehead atoms. The zero-order chi connectivity index (χ0) is 23.8. The Balaban J connectivity index is 1.11. The third-order valence-corrected chi connectivity index (χ3v) is 6.96. The molecule has 1 N–H and O–H groups in total. The Morgan fingerprint density at radius 2 is 1.88 bits per heavy atom. The van der Waals surface area contributed by atoms with Crippen LogP contribution in [-0.4, -0.2) is 46.3 Å². The Hall–Kier alpha value is -2.78. The van der Waals surface area contributed by atoms with Crippen LogP contribution in [0.5, 0.6) is 0 Å². The van der Waals surface area contributed by atoms with Crippen molar-refractivity contribution in [3.63, 3.8) is 0 Å². The predicted molar refractivity (Wildman–Crippen MR) is 128 cm³/mol. The number of carbonyl (C=O) groups is 1. The Bertz CT molecular complexity index is 1070. The molecule has 0 aliphatic carbocycles. The number of amides is 1. The minimum absolute atomic E-state index is 0.0137. The van der Waals surface area contributed by atoms with Crippen LogP contribution in [0.3, 0.4) is 0 Å². The van der Waals surface area contributed by atoms with Gasteiger partial charge in [-0.3, -0.25) is 9.69 Å². The predicted octanol–water partition coefficient (Wildman–Crippen LogP) is 4.67. The number of hydrogen-bond acceptors (Lipinski definition) is 6. The van der Waals surface area contributed by atoms with Gasteiger partial charge in [-0.2, -0.15) is 16.7 Å². The van der Waals surface area contributed by atoms with Crippen LogP contribution in [0.2, 0.25) is 0 Å². The molecule has 6 nitrogen and oxygen atoms in total. The molecule has 9 heteroatoms. The van der Waals surface area contributed by atoms with Gasteiger partial charge in [0.2, 0.25) is 17.6 Å². The van der Waals surface area contributed by atoms with E-state index in [1.807, 2.05) is 6.07 Å². The summed E-state index contributed by atoms with van der Waals surface area (Å²) in [5, 5.41) is 7.02. The molecule has 1 aliphatic rings. The second-order valence-corrected chi connectivity index (χ2v) is 9.46. The Labute approximate surface area is 202 Å². The fraction of sp³-hybridized carbons (Fsp3) is 0.400. The van der Waals surface area contributed by atoms with Gasteiger partial charge in [-0.05, 0) is 74.0 Å². The Morgan fingerprint density at radius 1 is 1.12 bits per heavy atom. The van der Waals surface area contributed by atoms with Gasteiger partial charge in [0.25, 0.3) is 0 Å². The van der Waals surface area contributed by atoms with Crippen molar-refractivity contribution in [2.45, 2.75) is 31.6 Å². The smallest absolute Gasteiger partial charge is 0.241 e. The standard InChI is InChI=1S/C25H28F2N4O2S/c26-21-8-6-18(7-9-21)24-29-23(33-30-24)16-31-13-10-19(11-14-31)25(32)28-12-3-15-34-17-20-4-1-2-5-22(20)27/h1-2,4-9,19H,3,10-17H2,(H,28,32). The van der Waals surface area contributed by atoms with Crippen LogP contribution in [0.4, 0.5) is 8.78 Å². The Kier molecular flexibility index (Phi) is 8.65. The number of thioether (sulfide) groups is 1. The summed E-state index contributed by atoms with van der Waals surface area (Å²) in [7, 11) is 0. The summed E-state index contributed by atoms with van der Waals surface area (Å²) in [4.78, 5) is 19.1. The first-order chi connectivity index (χ1) is 16.6. The molecule has 1 aliphatic heterocycles. The molecule has 34 heavy (non-hydrogen) atoms. The molecule has 1 aromatic heterocycles. The van der Waals surface area contributed by atoms with E-state index in [2.05, 4.69) is 20.4 Å². The molecule has 0 unspecified atom stereocenters. The van der Waals surface area contributed by atoms with E-state index < -0.39 is 0 Å². The largest absolute Gasteiger partial charge is 0.356 e. The number of aromatic nitrogens is 2. The molecular formula is C25H28F2N4O2S. The van der Waals surface area contributed by atoms with E-state index in [0.717, 1.165) is 43.7 Å². The van der Waals surface area contributed by atoms with Crippen LogP contribution < -0.4 is 5.32 Å². The van der Waals surface area contributed by atoms with E-state index >= 15 is 0 Å². The van der Waals surface area contributed by atoms with Gasteiger partial charge < -0.3 is 9.84 Å². The molecule has 0 saturated carbocycles. The fourth-order valence-corrected chi connectivity index (χ4v) is 4.85. The molecule has 4 rings (SSSR count). The van der Waals surface area contributed by atoms with Gasteiger partial charge in [0.1, 0.15) is 11.6 Å². The highest BCUT2D eigenvalue weighted by molar-refractivity contribution is 7.98. The van der Waals surface area contributed by atoms with Gasteiger partial charge in [-0.1, -0.05) is 23.4 Å². The average Bonchev–Trinajstić information content (AvgIpc) is 3.31. The Morgan fingerprint density at radius 3 is 2.65 bits per heavy atom. The first kappa shape index (κ1) is 24.3. The number of nitrogens with zero attached hydrogens (tertiary/aromatic N) is 3. The maximum atomic E-state index is 13.6. The summed E-state index contributed by atoms with van der Waals surface area (Å²) < 4.78 is 32.0. The molecule has 1 saturated heterocycles. The third-order valence-electron chi connectivity index (χ3n) is 5.87. The maximum Gasteiger partial charge on any atom is 0.241 e. The van der Waals surface area contributed by atoms with Crippen molar-refractivity contribution in [1.29, 1.82) is 0 Å². The molecule has 0 spiro atoms. The summed E-state index contributed by atoms with van der Waals surface area (Å²) >= 11 is 1.68. The van der Waals surface area contributed by atoms with Crippen molar-refractivity contribution in [2.24, 2.45) is 5.92 Å². The molecule has 2 aromatic carbocycles. The summed E-state index contributed by atoms with van der Waals surface area (Å²) in [6.45, 7) is 2.73. The van der Waals surface area contributed by atoms with Gasteiger partial charge in [-0.15, -0.1) is 0 Å². The minimum atomic E-state index is -0.307. The third kappa shape index (κ3) is 6.87. The summed E-state index contributed by atoms with van der Waals surface area (Å²) in [5.74, 6) is 2.11. The summed E-state index contributed by atoms with van der Waals surface area (Å²) in [5.41, 5.74) is 1.42. The minimum Gasteiger partial charge on any atom is -0.356 e. The number of halogens is 2. The lowest BCUT2D eigenvalue weighted by atomic mass is 9.96. The topological polar surface area (TPSA) is 71.3 Å². The monoisotopic (exact) mass is 486 g/mol. The number of carbonyl (C=O) groups excluding carboxylic acids is 1. The quantitative estimate of drug-likeness (QED) is 0.420. The van der Waals surface area contributed by atoms with Crippen molar-refractivity contribution in [1.82, 2.24) is 20.4 Å². The summed E-state index contributed by atoms with van der Waals surface area (Å²) in [6, 6.07) is 12.8. The highest BCUT2D eigenvalue weighted by Gasteiger charge is 2.25. The highest BCUT2D eigenvalue weighted by Crippen LogP contribution is 2.21. The molecule has 1 fully saturated rings. The average molecular weight is 487 g/mol. The second kappa shape index (κ2) is 12.1. The molecule has 1 amide bonds. The lowest BCUT2D eigenvalue weighted by Crippen LogP contribution is -2.40.